The normalized spacial score (nSPS) is 12.6. The molecule has 2 rings (SSSR count). The minimum Gasteiger partial charge on any atom is -0.316 e. The first-order valence-corrected chi connectivity index (χ1v) is 7.38. The van der Waals surface area contributed by atoms with E-state index >= 15 is 0 Å². The van der Waals surface area contributed by atoms with Crippen LogP contribution >= 0.6 is 11.8 Å². The molecular weight excluding hydrogens is 256 g/mol. The fourth-order valence-electron chi connectivity index (χ4n) is 1.89. The third kappa shape index (κ3) is 4.36. The van der Waals surface area contributed by atoms with Gasteiger partial charge >= 0.3 is 0 Å². The van der Waals surface area contributed by atoms with Crippen molar-refractivity contribution in [2.75, 3.05) is 12.8 Å². The van der Waals surface area contributed by atoms with Crippen LogP contribution in [-0.2, 0) is 13.5 Å². The van der Waals surface area contributed by atoms with Crippen LogP contribution in [-0.4, -0.2) is 33.8 Å². The van der Waals surface area contributed by atoms with Gasteiger partial charge in [-0.05, 0) is 26.1 Å². The number of nitrogens with one attached hydrogen (secondary N) is 1. The third-order valence-corrected chi connectivity index (χ3v) is 4.11. The van der Waals surface area contributed by atoms with Crippen LogP contribution in [0, 0.1) is 6.92 Å². The average Bonchev–Trinajstić information content (AvgIpc) is 2.80. The summed E-state index contributed by atoms with van der Waals surface area (Å²) in [6.07, 6.45) is 2.88. The van der Waals surface area contributed by atoms with Gasteiger partial charge in [0.25, 0.3) is 0 Å². The molecule has 0 spiro atoms. The zero-order valence-corrected chi connectivity index (χ0v) is 12.4. The van der Waals surface area contributed by atoms with Gasteiger partial charge in [0.05, 0.1) is 5.69 Å². The lowest BCUT2D eigenvalue weighted by atomic mass is 10.2. The first kappa shape index (κ1) is 14.1. The number of nitrogens with zero attached hydrogens (tertiary/aromatic N) is 3. The third-order valence-electron chi connectivity index (χ3n) is 2.95. The number of likely N-dealkylation sites (N-methyl/N-ethyl adjacent to an activating group) is 1. The summed E-state index contributed by atoms with van der Waals surface area (Å²) >= 11 is 1.88. The molecule has 0 saturated carbocycles. The summed E-state index contributed by atoms with van der Waals surface area (Å²) in [5.74, 6) is 1.02. The predicted molar refractivity (Wildman–Crippen MR) is 79.5 cm³/mol. The molecule has 4 nitrogen and oxygen atoms in total. The van der Waals surface area contributed by atoms with E-state index < -0.39 is 0 Å². The van der Waals surface area contributed by atoms with Gasteiger partial charge in [-0.1, -0.05) is 22.9 Å². The molecule has 1 aromatic carbocycles. The summed E-state index contributed by atoms with van der Waals surface area (Å²) in [5.41, 5.74) is 2.34. The van der Waals surface area contributed by atoms with E-state index in [1.54, 1.807) is 4.68 Å². The van der Waals surface area contributed by atoms with Crippen molar-refractivity contribution in [2.24, 2.45) is 7.05 Å². The molecule has 1 atom stereocenters. The topological polar surface area (TPSA) is 42.7 Å². The number of hydrogen-bond donors (Lipinski definition) is 1. The molecule has 0 aliphatic rings. The van der Waals surface area contributed by atoms with Crippen LogP contribution < -0.4 is 5.32 Å². The number of hydrogen-bond acceptors (Lipinski definition) is 4. The first-order valence-electron chi connectivity index (χ1n) is 6.39. The van der Waals surface area contributed by atoms with Crippen LogP contribution in [0.2, 0.25) is 0 Å². The summed E-state index contributed by atoms with van der Waals surface area (Å²) in [6, 6.07) is 9.02. The fourth-order valence-corrected chi connectivity index (χ4v) is 3.01. The molecule has 1 unspecified atom stereocenters. The van der Waals surface area contributed by atoms with Crippen LogP contribution in [0.3, 0.4) is 0 Å². The Balaban J connectivity index is 1.89. The number of aryl methyl sites for hydroxylation is 2. The number of rotatable bonds is 6. The van der Waals surface area contributed by atoms with Gasteiger partial charge in [-0.15, -0.1) is 16.9 Å². The molecule has 0 amide bonds. The summed E-state index contributed by atoms with van der Waals surface area (Å²) < 4.78 is 1.75. The molecule has 5 heteroatoms. The predicted octanol–water partition coefficient (Wildman–Crippen LogP) is 2.05. The summed E-state index contributed by atoms with van der Waals surface area (Å²) in [4.78, 5) is 1.32. The second-order valence-corrected chi connectivity index (χ2v) is 5.79. The Bertz CT molecular complexity index is 524. The number of aromatic nitrogens is 3. The maximum Gasteiger partial charge on any atom is 0.0842 e. The Morgan fingerprint density at radius 1 is 1.42 bits per heavy atom. The SMILES string of the molecule is CNC(CSc1cccc(C)c1)Cc1cn(C)nn1. The number of thioether (sulfide) groups is 1. The second-order valence-electron chi connectivity index (χ2n) is 4.70. The highest BCUT2D eigenvalue weighted by atomic mass is 32.2. The van der Waals surface area contributed by atoms with Crippen molar-refractivity contribution in [2.45, 2.75) is 24.3 Å². The molecule has 102 valence electrons. The van der Waals surface area contributed by atoms with E-state index in [1.807, 2.05) is 32.1 Å². The summed E-state index contributed by atoms with van der Waals surface area (Å²) in [7, 11) is 3.89. The van der Waals surface area contributed by atoms with Crippen molar-refractivity contribution >= 4 is 11.8 Å². The molecule has 1 aromatic heterocycles. The monoisotopic (exact) mass is 276 g/mol. The van der Waals surface area contributed by atoms with Gasteiger partial charge < -0.3 is 5.32 Å². The lowest BCUT2D eigenvalue weighted by Gasteiger charge is -2.14. The molecule has 0 aliphatic carbocycles. The molecular formula is C14H20N4S. The first-order chi connectivity index (χ1) is 9.17. The molecule has 0 saturated heterocycles. The molecule has 1 heterocycles. The van der Waals surface area contributed by atoms with Crippen LogP contribution in [0.1, 0.15) is 11.3 Å². The van der Waals surface area contributed by atoms with Gasteiger partial charge in [-0.2, -0.15) is 0 Å². The van der Waals surface area contributed by atoms with Gasteiger partial charge in [0.2, 0.25) is 0 Å². The quantitative estimate of drug-likeness (QED) is 0.820. The van der Waals surface area contributed by atoms with Crippen molar-refractivity contribution in [3.8, 4) is 0 Å². The highest BCUT2D eigenvalue weighted by Gasteiger charge is 2.10. The minimum absolute atomic E-state index is 0.405. The van der Waals surface area contributed by atoms with Crippen molar-refractivity contribution in [3.63, 3.8) is 0 Å². The van der Waals surface area contributed by atoms with Gasteiger partial charge in [0.15, 0.2) is 0 Å². The van der Waals surface area contributed by atoms with E-state index in [-0.39, 0.29) is 0 Å². The average molecular weight is 276 g/mol. The zero-order valence-electron chi connectivity index (χ0n) is 11.6. The van der Waals surface area contributed by atoms with Crippen molar-refractivity contribution in [1.82, 2.24) is 20.3 Å². The van der Waals surface area contributed by atoms with Crippen molar-refractivity contribution < 1.29 is 0 Å². The van der Waals surface area contributed by atoms with Crippen molar-refractivity contribution in [3.05, 3.63) is 41.7 Å². The minimum atomic E-state index is 0.405. The van der Waals surface area contributed by atoms with E-state index in [4.69, 9.17) is 0 Å². The van der Waals surface area contributed by atoms with Gasteiger partial charge in [-0.3, -0.25) is 4.68 Å². The molecule has 0 aliphatic heterocycles. The second kappa shape index (κ2) is 6.73. The van der Waals surface area contributed by atoms with E-state index in [9.17, 15) is 0 Å². The van der Waals surface area contributed by atoms with E-state index in [2.05, 4.69) is 46.8 Å². The van der Waals surface area contributed by atoms with E-state index in [0.29, 0.717) is 6.04 Å². The van der Waals surface area contributed by atoms with Crippen LogP contribution in [0.4, 0.5) is 0 Å². The van der Waals surface area contributed by atoms with Gasteiger partial charge in [-0.25, -0.2) is 0 Å². The summed E-state index contributed by atoms with van der Waals surface area (Å²) in [5, 5.41) is 11.4. The van der Waals surface area contributed by atoms with Crippen molar-refractivity contribution in [1.29, 1.82) is 0 Å². The smallest absolute Gasteiger partial charge is 0.0842 e. The molecule has 19 heavy (non-hydrogen) atoms. The Kier molecular flexibility index (Phi) is 4.99. The maximum absolute atomic E-state index is 4.14. The largest absolute Gasteiger partial charge is 0.316 e. The van der Waals surface area contributed by atoms with E-state index in [0.717, 1.165) is 17.9 Å². The van der Waals surface area contributed by atoms with Gasteiger partial charge in [0, 0.05) is 36.4 Å². The fraction of sp³-hybridized carbons (Fsp3) is 0.429. The maximum atomic E-state index is 4.14. The zero-order chi connectivity index (χ0) is 13.7. The standard InChI is InChI=1S/C14H20N4S/c1-11-5-4-6-14(7-11)19-10-13(15-2)8-12-9-18(3)17-16-12/h4-7,9,13,15H,8,10H2,1-3H3. The molecule has 0 radical (unpaired) electrons. The van der Waals surface area contributed by atoms with E-state index in [1.165, 1.54) is 10.5 Å². The molecule has 0 bridgehead atoms. The molecule has 2 aromatic rings. The summed E-state index contributed by atoms with van der Waals surface area (Å²) in [6.45, 7) is 2.12. The highest BCUT2D eigenvalue weighted by Crippen LogP contribution is 2.20. The Labute approximate surface area is 118 Å². The molecule has 0 fully saturated rings. The highest BCUT2D eigenvalue weighted by molar-refractivity contribution is 7.99. The van der Waals surface area contributed by atoms with Crippen LogP contribution in [0.15, 0.2) is 35.4 Å². The lowest BCUT2D eigenvalue weighted by Crippen LogP contribution is -2.30. The Hall–Kier alpha value is -1.33. The number of benzene rings is 1. The Morgan fingerprint density at radius 3 is 2.89 bits per heavy atom. The van der Waals surface area contributed by atoms with Crippen LogP contribution in [0.25, 0.3) is 0 Å². The van der Waals surface area contributed by atoms with Crippen LogP contribution in [0.5, 0.6) is 0 Å². The van der Waals surface area contributed by atoms with Gasteiger partial charge in [0.1, 0.15) is 0 Å². The lowest BCUT2D eigenvalue weighted by molar-refractivity contribution is 0.607. The Morgan fingerprint density at radius 2 is 2.26 bits per heavy atom. The molecule has 1 N–H and O–H groups in total.